The van der Waals surface area contributed by atoms with E-state index in [0.29, 0.717) is 0 Å². The summed E-state index contributed by atoms with van der Waals surface area (Å²) < 4.78 is 4.81. The number of benzene rings is 9. The van der Waals surface area contributed by atoms with E-state index < -0.39 is 0 Å². The highest BCUT2D eigenvalue weighted by Crippen LogP contribution is 2.41. The summed E-state index contributed by atoms with van der Waals surface area (Å²) in [5, 5.41) is 13.8. The van der Waals surface area contributed by atoms with E-state index in [9.17, 15) is 0 Å². The lowest BCUT2D eigenvalue weighted by atomic mass is 9.99. The summed E-state index contributed by atoms with van der Waals surface area (Å²) in [6, 6.07) is 72.0. The molecule has 3 heterocycles. The van der Waals surface area contributed by atoms with Crippen molar-refractivity contribution in [1.29, 1.82) is 0 Å². The highest BCUT2D eigenvalue weighted by molar-refractivity contribution is 6.28. The molecule has 9 aromatic carbocycles. The monoisotopic (exact) mass is 740 g/mol. The van der Waals surface area contributed by atoms with Gasteiger partial charge in [-0.25, -0.2) is 0 Å². The summed E-state index contributed by atoms with van der Waals surface area (Å²) in [7, 11) is 0. The molecule has 1 aliphatic heterocycles. The molecule has 0 radical (unpaired) electrons. The van der Waals surface area contributed by atoms with Gasteiger partial charge in [0.2, 0.25) is 0 Å². The number of aliphatic imine (C=N–C) groups is 1. The number of hydrogen-bond donors (Lipinski definition) is 1. The Labute approximate surface area is 335 Å². The van der Waals surface area contributed by atoms with Gasteiger partial charge in [0.15, 0.2) is 0 Å². The topological polar surface area (TPSA) is 34.2 Å². The smallest absolute Gasteiger partial charge is 0.133 e. The second-order valence-corrected chi connectivity index (χ2v) is 15.2. The minimum absolute atomic E-state index is 0.220. The number of hydrogen-bond acceptors (Lipinski definition) is 2. The van der Waals surface area contributed by atoms with Crippen molar-refractivity contribution in [2.24, 2.45) is 4.99 Å². The molecule has 0 saturated carbocycles. The minimum Gasteiger partial charge on any atom is -0.340 e. The molecular formula is C54H36N4. The molecule has 1 N–H and O–H groups in total. The fraction of sp³-hybridized carbons (Fsp3) is 0.0185. The summed E-state index contributed by atoms with van der Waals surface area (Å²) in [5.74, 6) is 0.857. The summed E-state index contributed by atoms with van der Waals surface area (Å²) in [5.41, 5.74) is 11.4. The van der Waals surface area contributed by atoms with Crippen LogP contribution < -0.4 is 5.32 Å². The van der Waals surface area contributed by atoms with E-state index in [2.05, 4.69) is 221 Å². The molecule has 0 aliphatic carbocycles. The Morgan fingerprint density at radius 2 is 0.966 bits per heavy atom. The largest absolute Gasteiger partial charge is 0.340 e. The number of aromatic nitrogens is 2. The minimum atomic E-state index is -0.220. The lowest BCUT2D eigenvalue weighted by molar-refractivity contribution is 0.878. The zero-order valence-electron chi connectivity index (χ0n) is 31.5. The highest BCUT2D eigenvalue weighted by atomic mass is 15.0. The third-order valence-electron chi connectivity index (χ3n) is 11.9. The second-order valence-electron chi connectivity index (χ2n) is 15.2. The fourth-order valence-electron chi connectivity index (χ4n) is 9.29. The van der Waals surface area contributed by atoms with Gasteiger partial charge in [0, 0.05) is 44.2 Å². The molecule has 0 spiro atoms. The summed E-state index contributed by atoms with van der Waals surface area (Å²) in [6.07, 6.45) is 2.29. The fourth-order valence-corrected chi connectivity index (χ4v) is 9.29. The lowest BCUT2D eigenvalue weighted by Gasteiger charge is -2.24. The number of nitrogens with one attached hydrogen (secondary N) is 1. The highest BCUT2D eigenvalue weighted by Gasteiger charge is 2.23. The van der Waals surface area contributed by atoms with E-state index in [-0.39, 0.29) is 6.04 Å². The first-order valence-electron chi connectivity index (χ1n) is 19.9. The van der Waals surface area contributed by atoms with Gasteiger partial charge in [0.05, 0.1) is 28.1 Å². The van der Waals surface area contributed by atoms with E-state index in [1.54, 1.807) is 0 Å². The number of para-hydroxylation sites is 2. The molecule has 0 amide bonds. The van der Waals surface area contributed by atoms with Gasteiger partial charge in [0.25, 0.3) is 0 Å². The molecule has 4 heteroatoms. The van der Waals surface area contributed by atoms with Crippen molar-refractivity contribution in [2.45, 2.75) is 6.04 Å². The molecule has 0 saturated heterocycles. The van der Waals surface area contributed by atoms with Gasteiger partial charge in [-0.15, -0.1) is 0 Å². The van der Waals surface area contributed by atoms with E-state index in [1.807, 2.05) is 0 Å². The number of fused-ring (bicyclic) bond motifs is 10. The van der Waals surface area contributed by atoms with E-state index >= 15 is 0 Å². The number of nitrogens with zero attached hydrogens (tertiary/aromatic N) is 3. The van der Waals surface area contributed by atoms with Crippen molar-refractivity contribution in [2.75, 3.05) is 0 Å². The predicted molar refractivity (Wildman–Crippen MR) is 243 cm³/mol. The molecule has 1 atom stereocenters. The van der Waals surface area contributed by atoms with Gasteiger partial charge < -0.3 is 14.5 Å². The maximum Gasteiger partial charge on any atom is 0.133 e. The molecule has 58 heavy (non-hydrogen) atoms. The lowest BCUT2D eigenvalue weighted by Crippen LogP contribution is -2.27. The van der Waals surface area contributed by atoms with Crippen LogP contribution in [-0.4, -0.2) is 15.0 Å². The maximum atomic E-state index is 5.40. The van der Waals surface area contributed by atoms with Crippen molar-refractivity contribution in [1.82, 2.24) is 14.5 Å². The number of rotatable bonds is 5. The Morgan fingerprint density at radius 1 is 0.397 bits per heavy atom. The van der Waals surface area contributed by atoms with Crippen LogP contribution in [0.3, 0.4) is 0 Å². The Balaban J connectivity index is 1.04. The molecule has 4 nitrogen and oxygen atoms in total. The van der Waals surface area contributed by atoms with Gasteiger partial charge >= 0.3 is 0 Å². The van der Waals surface area contributed by atoms with Crippen LogP contribution in [0.4, 0.5) is 0 Å². The third kappa shape index (κ3) is 5.05. The molecule has 0 fully saturated rings. The Kier molecular flexibility index (Phi) is 7.26. The van der Waals surface area contributed by atoms with Crippen LogP contribution in [0.15, 0.2) is 211 Å². The van der Waals surface area contributed by atoms with Crippen LogP contribution in [0.5, 0.6) is 0 Å². The van der Waals surface area contributed by atoms with Crippen LogP contribution in [0.25, 0.3) is 82.2 Å². The Morgan fingerprint density at radius 3 is 1.69 bits per heavy atom. The van der Waals surface area contributed by atoms with Gasteiger partial charge in [-0.1, -0.05) is 146 Å². The molecule has 0 bridgehead atoms. The standard InChI is InChI=1S/C54H36N4/c1-3-16-37(17-4-1)54-55-46(34-47(56-54)39-28-29-49-45(33-39)44-24-11-12-25-48(44)57(49)40-19-5-2-6-20-40)38-18-13-21-41(32-38)58-50-30-26-35-14-7-9-22-42(35)52(50)53-43-23-10-8-15-36(43)27-31-51(53)58/h1-34,46H,(H,55,56). The summed E-state index contributed by atoms with van der Waals surface area (Å²) >= 11 is 0. The predicted octanol–water partition coefficient (Wildman–Crippen LogP) is 13.3. The molecular weight excluding hydrogens is 705 g/mol. The molecule has 12 rings (SSSR count). The van der Waals surface area contributed by atoms with Gasteiger partial charge in [-0.05, 0) is 93.3 Å². The maximum absolute atomic E-state index is 5.40. The summed E-state index contributed by atoms with van der Waals surface area (Å²) in [4.78, 5) is 5.40. The summed E-state index contributed by atoms with van der Waals surface area (Å²) in [6.45, 7) is 0. The van der Waals surface area contributed by atoms with E-state index in [0.717, 1.165) is 39.6 Å². The van der Waals surface area contributed by atoms with Gasteiger partial charge in [-0.3, -0.25) is 4.99 Å². The van der Waals surface area contributed by atoms with Crippen LogP contribution in [0, 0.1) is 0 Å². The van der Waals surface area contributed by atoms with Crippen LogP contribution >= 0.6 is 0 Å². The van der Waals surface area contributed by atoms with Crippen LogP contribution in [-0.2, 0) is 0 Å². The van der Waals surface area contributed by atoms with Crippen LogP contribution in [0.2, 0.25) is 0 Å². The van der Waals surface area contributed by atoms with Crippen molar-refractivity contribution < 1.29 is 0 Å². The van der Waals surface area contributed by atoms with E-state index in [4.69, 9.17) is 4.99 Å². The third-order valence-corrected chi connectivity index (χ3v) is 11.9. The quantitative estimate of drug-likeness (QED) is 0.187. The first kappa shape index (κ1) is 32.5. The molecule has 2 aromatic heterocycles. The molecule has 1 aliphatic rings. The van der Waals surface area contributed by atoms with Crippen molar-refractivity contribution in [3.63, 3.8) is 0 Å². The SMILES string of the molecule is C1=C(c2ccc3c(c2)c2ccccc2n3-c2ccccc2)NC(c2ccccc2)=NC1c1cccc(-n2c3ccc4ccccc4c3c3c4ccccc4ccc32)c1. The zero-order valence-corrected chi connectivity index (χ0v) is 31.5. The van der Waals surface area contributed by atoms with Crippen molar-refractivity contribution in [3.8, 4) is 11.4 Å². The Bertz CT molecular complexity index is 3380. The van der Waals surface area contributed by atoms with Crippen LogP contribution in [0.1, 0.15) is 22.7 Å². The number of amidine groups is 1. The second kappa shape index (κ2) is 12.9. The van der Waals surface area contributed by atoms with Crippen molar-refractivity contribution >= 4 is 76.7 Å². The first-order valence-corrected chi connectivity index (χ1v) is 19.9. The van der Waals surface area contributed by atoms with Gasteiger partial charge in [-0.2, -0.15) is 0 Å². The van der Waals surface area contributed by atoms with E-state index in [1.165, 1.54) is 65.2 Å². The van der Waals surface area contributed by atoms with Gasteiger partial charge in [0.1, 0.15) is 5.84 Å². The normalized spacial score (nSPS) is 14.4. The average molecular weight is 741 g/mol. The van der Waals surface area contributed by atoms with Crippen molar-refractivity contribution in [3.05, 3.63) is 223 Å². The zero-order chi connectivity index (χ0) is 38.2. The molecule has 1 unspecified atom stereocenters. The Hall–Kier alpha value is -7.69. The average Bonchev–Trinajstić information content (AvgIpc) is 3.83. The molecule has 11 aromatic rings. The first-order chi connectivity index (χ1) is 28.8. The molecule has 272 valence electrons.